The van der Waals surface area contributed by atoms with Gasteiger partial charge in [-0.3, -0.25) is 4.21 Å². The second-order valence-corrected chi connectivity index (χ2v) is 34.5. The molecule has 9 atom stereocenters. The van der Waals surface area contributed by atoms with Gasteiger partial charge in [0.05, 0.1) is 78.5 Å². The lowest BCUT2D eigenvalue weighted by molar-refractivity contribution is 0.156. The molecule has 3 saturated carbocycles. The molecule has 31 heteroatoms. The fourth-order valence-electron chi connectivity index (χ4n) is 19.0. The largest absolute Gasteiger partial charge is 0.385 e. The van der Waals surface area contributed by atoms with Gasteiger partial charge in [-0.1, -0.05) is 86.4 Å². The van der Waals surface area contributed by atoms with E-state index in [1.807, 2.05) is 26.0 Å². The van der Waals surface area contributed by atoms with Crippen molar-refractivity contribution in [2.24, 2.45) is 16.2 Å². The van der Waals surface area contributed by atoms with Crippen LogP contribution in [-0.2, 0) is 32.2 Å². The Balaban J connectivity index is 0.000000127. The van der Waals surface area contributed by atoms with Gasteiger partial charge in [0, 0.05) is 43.1 Å². The normalized spacial score (nSPS) is 22.5. The summed E-state index contributed by atoms with van der Waals surface area (Å²) in [5.74, 6) is 3.55. The van der Waals surface area contributed by atoms with Gasteiger partial charge >= 0.3 is 0 Å². The van der Waals surface area contributed by atoms with Gasteiger partial charge in [0.25, 0.3) is 11.9 Å². The molecule has 2 N–H and O–H groups in total. The number of aromatic nitrogens is 21. The summed E-state index contributed by atoms with van der Waals surface area (Å²) in [7, 11) is -2.14. The van der Waals surface area contributed by atoms with Gasteiger partial charge in [-0.15, -0.1) is 30.6 Å². The number of aryl methyl sites for hydroxylation is 1. The van der Waals surface area contributed by atoms with E-state index in [4.69, 9.17) is 15.0 Å². The minimum atomic E-state index is -2.14. The van der Waals surface area contributed by atoms with Crippen molar-refractivity contribution in [1.82, 2.24) is 105 Å². The molecule has 1 unspecified atom stereocenters. The fourth-order valence-corrected chi connectivity index (χ4v) is 19.6. The standard InChI is InChI=1S/C27H27F2N7OS.2C27H27F2N7O/c1-26(2)17-8-11-27(26,24-16(17)14-20(33-34-24)23-18(28)6-5-7-19(23)29)25-30-12-9-22(32-25)36-15-31-21(35-36)10-13-38(3,4)37;2*1-4-6-20(37)24-31-14-36(35-24)25-30-12-10-21(32-25)27-11-9-16(26(27,2)3)15-13-19(33-34-23(15)27)22-17(28)7-5-8-18(22)29/h5-7,9,12,14-15,17H,3,8,10-11,13H2,1-2,4H3;2*5,7-8,10,12-14,16,20,37H,4,6,9,11H2,1-3H3/t17-,27+,38?;16-,20+,27-;16-,20-,27-/m000/s1. The highest BCUT2D eigenvalue weighted by Crippen LogP contribution is 2.72. The number of nitrogens with zero attached hydrogens (tertiary/aromatic N) is 21. The molecule has 0 spiro atoms. The maximum atomic E-state index is 14.5. The molecule has 9 aromatic heterocycles. The molecular weight excluding hydrogens is 1460 g/mol. The lowest BCUT2D eigenvalue weighted by Crippen LogP contribution is -2.39. The van der Waals surface area contributed by atoms with Crippen molar-refractivity contribution >= 4 is 15.4 Å². The Kier molecular flexibility index (Phi) is 18.8. The van der Waals surface area contributed by atoms with Crippen molar-refractivity contribution in [1.29, 1.82) is 0 Å². The number of benzene rings is 3. The number of aliphatic hydroxyl groups is 2. The summed E-state index contributed by atoms with van der Waals surface area (Å²) < 4.78 is 104. The number of hydrogen-bond acceptors (Lipinski definition) is 21. The molecule has 3 aromatic carbocycles. The molecule has 18 rings (SSSR count). The van der Waals surface area contributed by atoms with E-state index in [1.165, 1.54) is 76.6 Å². The topological polar surface area (TPSA) is 304 Å². The third-order valence-corrected chi connectivity index (χ3v) is 25.7. The van der Waals surface area contributed by atoms with E-state index in [0.29, 0.717) is 66.0 Å². The molecule has 6 aliphatic rings. The molecule has 576 valence electrons. The monoisotopic (exact) mass is 1540 g/mol. The summed E-state index contributed by atoms with van der Waals surface area (Å²) in [6.45, 7) is 17.1. The van der Waals surface area contributed by atoms with E-state index in [0.717, 1.165) is 96.5 Å². The van der Waals surface area contributed by atoms with Crippen LogP contribution in [0, 0.1) is 51.1 Å². The molecule has 112 heavy (non-hydrogen) atoms. The average molecular weight is 1540 g/mol. The molecule has 0 aliphatic heterocycles. The summed E-state index contributed by atoms with van der Waals surface area (Å²) in [5, 5.41) is 60.4. The molecular formula is C81H81F6N21O3S. The van der Waals surface area contributed by atoms with Crippen LogP contribution in [0.1, 0.15) is 218 Å². The van der Waals surface area contributed by atoms with Crippen LogP contribution in [0.4, 0.5) is 26.3 Å². The number of aliphatic hydroxyl groups excluding tert-OH is 2. The van der Waals surface area contributed by atoms with Crippen LogP contribution in [0.3, 0.4) is 0 Å². The molecule has 3 fully saturated rings. The van der Waals surface area contributed by atoms with Crippen LogP contribution in [0.15, 0.2) is 129 Å². The van der Waals surface area contributed by atoms with E-state index in [2.05, 4.69) is 123 Å². The van der Waals surface area contributed by atoms with Gasteiger partial charge in [-0.2, -0.15) is 24.7 Å². The maximum absolute atomic E-state index is 14.5. The van der Waals surface area contributed by atoms with Crippen molar-refractivity contribution in [3.8, 4) is 51.5 Å². The van der Waals surface area contributed by atoms with Gasteiger partial charge in [0.1, 0.15) is 71.9 Å². The van der Waals surface area contributed by atoms with Crippen molar-refractivity contribution in [2.75, 3.05) is 12.0 Å². The predicted molar refractivity (Wildman–Crippen MR) is 402 cm³/mol. The SMILES string of the molecule is C=S(C)(=O)CCc1ncn(-c2ccnc([C@@]34CC[C@@H](c5cc(-c6c(F)cccc6F)nnc53)C4(C)C)n2)n1.CCC[C@@H](O)c1ncn(-c2nccc([C@@]34CC[C@@H](c5cc(-c6c(F)cccc6F)nnc53)C4(C)C)n2)n1.CCC[C@H](O)c1ncn(-c2nccc([C@@]34CC[C@@H](c5cc(-c6c(F)cccc6F)nnc53)C4(C)C)n2)n1. The van der Waals surface area contributed by atoms with E-state index in [9.17, 15) is 40.8 Å². The average Bonchev–Trinajstić information content (AvgIpc) is 1.53. The van der Waals surface area contributed by atoms with Crippen molar-refractivity contribution < 1.29 is 40.8 Å². The Labute approximate surface area is 641 Å². The van der Waals surface area contributed by atoms with E-state index < -0.39 is 72.9 Å². The van der Waals surface area contributed by atoms with Crippen molar-refractivity contribution in [3.63, 3.8) is 0 Å². The van der Waals surface area contributed by atoms with E-state index in [1.54, 1.807) is 60.1 Å². The first kappa shape index (κ1) is 75.1. The zero-order valence-electron chi connectivity index (χ0n) is 63.1. The lowest BCUT2D eigenvalue weighted by Gasteiger charge is -2.37. The molecule has 0 radical (unpaired) electrons. The highest BCUT2D eigenvalue weighted by molar-refractivity contribution is 7.99. The predicted octanol–water partition coefficient (Wildman–Crippen LogP) is 13.5. The Morgan fingerprint density at radius 3 is 1.26 bits per heavy atom. The van der Waals surface area contributed by atoms with Crippen molar-refractivity contribution in [2.45, 2.75) is 172 Å². The van der Waals surface area contributed by atoms with E-state index in [-0.39, 0.29) is 67.8 Å². The Hall–Kier alpha value is -10.9. The molecule has 12 aromatic rings. The summed E-state index contributed by atoms with van der Waals surface area (Å²) in [6.07, 6.45) is 18.1. The summed E-state index contributed by atoms with van der Waals surface area (Å²) in [4.78, 5) is 41.0. The number of rotatable bonds is 18. The fraction of sp³-hybridized carbons (Fsp3) is 0.395. The highest BCUT2D eigenvalue weighted by atomic mass is 32.2. The highest BCUT2D eigenvalue weighted by Gasteiger charge is 2.68. The lowest BCUT2D eigenvalue weighted by atomic mass is 9.66. The number of fused-ring (bicyclic) bond motifs is 15. The van der Waals surface area contributed by atoms with Gasteiger partial charge in [-0.25, -0.2) is 75.9 Å². The van der Waals surface area contributed by atoms with E-state index >= 15 is 0 Å². The quantitative estimate of drug-likeness (QED) is 0.0595. The zero-order chi connectivity index (χ0) is 78.8. The smallest absolute Gasteiger partial charge is 0.252 e. The third-order valence-electron chi connectivity index (χ3n) is 24.7. The summed E-state index contributed by atoms with van der Waals surface area (Å²) in [6, 6.07) is 22.2. The van der Waals surface area contributed by atoms with Gasteiger partial charge in [0.2, 0.25) is 0 Å². The number of hydrogen-bond donors (Lipinski definition) is 2. The second-order valence-electron chi connectivity index (χ2n) is 31.7. The first-order valence-corrected chi connectivity index (χ1v) is 39.8. The first-order chi connectivity index (χ1) is 53.6. The van der Waals surface area contributed by atoms with Crippen LogP contribution in [0.25, 0.3) is 51.5 Å². The Morgan fingerprint density at radius 2 is 0.857 bits per heavy atom. The van der Waals surface area contributed by atoms with Crippen molar-refractivity contribution in [3.05, 3.63) is 232 Å². The summed E-state index contributed by atoms with van der Waals surface area (Å²) in [5.41, 5.74) is 4.25. The van der Waals surface area contributed by atoms with Crippen LogP contribution in [0.2, 0.25) is 0 Å². The van der Waals surface area contributed by atoms with Gasteiger partial charge in [0.15, 0.2) is 23.3 Å². The summed E-state index contributed by atoms with van der Waals surface area (Å²) >= 11 is 0. The van der Waals surface area contributed by atoms with Crippen LogP contribution >= 0.6 is 0 Å². The molecule has 6 bridgehead atoms. The van der Waals surface area contributed by atoms with Gasteiger partial charge in [-0.05, 0) is 184 Å². The van der Waals surface area contributed by atoms with Gasteiger partial charge < -0.3 is 10.2 Å². The van der Waals surface area contributed by atoms with Crippen LogP contribution in [-0.4, -0.2) is 137 Å². The first-order valence-electron chi connectivity index (χ1n) is 37.5. The Bertz CT molecular complexity index is 5510. The second kappa shape index (κ2) is 28.1. The third kappa shape index (κ3) is 12.0. The zero-order valence-corrected chi connectivity index (χ0v) is 63.9. The molecule has 0 saturated heterocycles. The molecule has 24 nitrogen and oxygen atoms in total. The number of halogens is 6. The Morgan fingerprint density at radius 1 is 0.482 bits per heavy atom. The molecule has 0 amide bonds. The minimum absolute atomic E-state index is 0.110. The van der Waals surface area contributed by atoms with Crippen LogP contribution in [0.5, 0.6) is 0 Å². The molecule has 6 aliphatic carbocycles. The maximum Gasteiger partial charge on any atom is 0.252 e. The molecule has 9 heterocycles. The van der Waals surface area contributed by atoms with Crippen LogP contribution < -0.4 is 0 Å². The minimum Gasteiger partial charge on any atom is -0.385 e.